The van der Waals surface area contributed by atoms with E-state index in [1.54, 1.807) is 30.2 Å². The Morgan fingerprint density at radius 3 is 2.87 bits per heavy atom. The van der Waals surface area contributed by atoms with Crippen molar-refractivity contribution in [2.75, 3.05) is 7.11 Å². The minimum absolute atomic E-state index is 0.0617. The molecule has 1 aliphatic carbocycles. The number of carbonyl (C=O) groups excluding carboxylic acids is 1. The van der Waals surface area contributed by atoms with Gasteiger partial charge in [0.1, 0.15) is 18.1 Å². The molecule has 0 amide bonds. The van der Waals surface area contributed by atoms with Crippen molar-refractivity contribution in [1.82, 2.24) is 34.7 Å². The van der Waals surface area contributed by atoms with Crippen LogP contribution in [0.1, 0.15) is 25.1 Å². The summed E-state index contributed by atoms with van der Waals surface area (Å²) in [5.74, 6) is -2.01. The van der Waals surface area contributed by atoms with Gasteiger partial charge in [-0.05, 0) is 37.5 Å². The maximum Gasteiger partial charge on any atom is 0.329 e. The average molecular weight is 540 g/mol. The SMILES string of the molecule is COC(=O)Cn1ncc(-c2cc(F)c(OCc3nnc(SC4C=CCCC4)n3-c3cccnc3)cc2F)n1. The average Bonchev–Trinajstić information content (AvgIpc) is 3.56. The summed E-state index contributed by atoms with van der Waals surface area (Å²) in [4.78, 5) is 16.6. The first-order chi connectivity index (χ1) is 18.5. The van der Waals surface area contributed by atoms with Crippen molar-refractivity contribution in [1.29, 1.82) is 0 Å². The molecule has 0 radical (unpaired) electrons. The van der Waals surface area contributed by atoms with Gasteiger partial charge in [-0.3, -0.25) is 9.55 Å². The Bertz CT molecular complexity index is 1460. The Balaban J connectivity index is 1.36. The topological polar surface area (TPSA) is 110 Å². The first-order valence-corrected chi connectivity index (χ1v) is 12.7. The number of aromatic nitrogens is 7. The fraction of sp³-hybridized carbons (Fsp3) is 0.280. The molecule has 196 valence electrons. The second kappa shape index (κ2) is 11.5. The molecule has 3 heterocycles. The molecule has 0 saturated heterocycles. The van der Waals surface area contributed by atoms with Gasteiger partial charge in [0.2, 0.25) is 0 Å². The van der Waals surface area contributed by atoms with Crippen molar-refractivity contribution in [2.45, 2.75) is 42.8 Å². The molecule has 1 unspecified atom stereocenters. The number of ether oxygens (including phenoxy) is 2. The van der Waals surface area contributed by atoms with Crippen LogP contribution in [0.5, 0.6) is 5.75 Å². The maximum absolute atomic E-state index is 14.9. The molecule has 0 bridgehead atoms. The monoisotopic (exact) mass is 539 g/mol. The number of esters is 1. The maximum atomic E-state index is 14.9. The van der Waals surface area contributed by atoms with E-state index in [1.165, 1.54) is 13.3 Å². The van der Waals surface area contributed by atoms with Gasteiger partial charge in [0.25, 0.3) is 0 Å². The van der Waals surface area contributed by atoms with Gasteiger partial charge in [0, 0.05) is 23.1 Å². The quantitative estimate of drug-likeness (QED) is 0.229. The largest absolute Gasteiger partial charge is 0.482 e. The Morgan fingerprint density at radius 2 is 2.11 bits per heavy atom. The fourth-order valence-corrected chi connectivity index (χ4v) is 5.03. The van der Waals surface area contributed by atoms with Gasteiger partial charge < -0.3 is 9.47 Å². The minimum Gasteiger partial charge on any atom is -0.482 e. The van der Waals surface area contributed by atoms with Gasteiger partial charge in [-0.1, -0.05) is 23.9 Å². The number of carbonyl (C=O) groups is 1. The molecule has 0 saturated carbocycles. The smallest absolute Gasteiger partial charge is 0.329 e. The number of thioether (sulfide) groups is 1. The van der Waals surface area contributed by atoms with E-state index in [2.05, 4.69) is 42.3 Å². The first kappa shape index (κ1) is 25.5. The molecule has 1 aromatic carbocycles. The third kappa shape index (κ3) is 5.72. The summed E-state index contributed by atoms with van der Waals surface area (Å²) in [5.41, 5.74) is 0.672. The Kier molecular flexibility index (Phi) is 7.73. The van der Waals surface area contributed by atoms with Crippen molar-refractivity contribution in [2.24, 2.45) is 0 Å². The number of hydrogen-bond acceptors (Lipinski definition) is 9. The molecule has 0 fully saturated rings. The number of hydrogen-bond donors (Lipinski definition) is 0. The lowest BCUT2D eigenvalue weighted by Gasteiger charge is -2.16. The number of methoxy groups -OCH3 is 1. The fourth-order valence-electron chi connectivity index (χ4n) is 3.88. The van der Waals surface area contributed by atoms with Gasteiger partial charge in [-0.15, -0.1) is 10.2 Å². The first-order valence-electron chi connectivity index (χ1n) is 11.8. The van der Waals surface area contributed by atoms with E-state index >= 15 is 0 Å². The molecular weight excluding hydrogens is 516 g/mol. The summed E-state index contributed by atoms with van der Waals surface area (Å²) in [6, 6.07) is 5.57. The molecule has 0 spiro atoms. The summed E-state index contributed by atoms with van der Waals surface area (Å²) in [7, 11) is 1.23. The Labute approximate surface area is 220 Å². The standard InChI is InChI=1S/C25H23F2N7O3S/c1-36-24(35)14-33-29-13-21(32-33)18-10-20(27)22(11-19(18)26)37-15-23-30-31-25(38-17-7-3-2-4-8-17)34(23)16-6-5-9-28-12-16/h3,5-7,9-13,17H,2,4,8,14-15H2,1H3. The van der Waals surface area contributed by atoms with Crippen molar-refractivity contribution >= 4 is 17.7 Å². The number of pyridine rings is 1. The zero-order valence-electron chi connectivity index (χ0n) is 20.3. The highest BCUT2D eigenvalue weighted by atomic mass is 32.2. The molecule has 10 nitrogen and oxygen atoms in total. The van der Waals surface area contributed by atoms with Crippen molar-refractivity contribution in [3.8, 4) is 22.7 Å². The van der Waals surface area contributed by atoms with Crippen LogP contribution in [0.3, 0.4) is 0 Å². The van der Waals surface area contributed by atoms with Crippen LogP contribution >= 0.6 is 11.8 Å². The predicted octanol–water partition coefficient (Wildman–Crippen LogP) is 4.15. The summed E-state index contributed by atoms with van der Waals surface area (Å²) in [6.07, 6.45) is 12.1. The van der Waals surface area contributed by atoms with Crippen LogP contribution in [0.2, 0.25) is 0 Å². The van der Waals surface area contributed by atoms with Crippen LogP contribution in [0, 0.1) is 11.6 Å². The third-order valence-electron chi connectivity index (χ3n) is 5.76. The lowest BCUT2D eigenvalue weighted by molar-refractivity contribution is -0.141. The summed E-state index contributed by atoms with van der Waals surface area (Å²) in [6.45, 7) is -0.412. The molecule has 1 atom stereocenters. The van der Waals surface area contributed by atoms with Gasteiger partial charge >= 0.3 is 5.97 Å². The molecule has 13 heteroatoms. The van der Waals surface area contributed by atoms with E-state index in [1.807, 2.05) is 10.6 Å². The Morgan fingerprint density at radius 1 is 1.21 bits per heavy atom. The van der Waals surface area contributed by atoms with Crippen LogP contribution in [0.4, 0.5) is 8.78 Å². The predicted molar refractivity (Wildman–Crippen MR) is 134 cm³/mol. The normalized spacial score (nSPS) is 15.0. The van der Waals surface area contributed by atoms with Crippen LogP contribution in [0.15, 0.2) is 60.2 Å². The van der Waals surface area contributed by atoms with Crippen LogP contribution < -0.4 is 4.74 Å². The summed E-state index contributed by atoms with van der Waals surface area (Å²) < 4.78 is 41.9. The number of allylic oxidation sites excluding steroid dienone is 1. The zero-order valence-corrected chi connectivity index (χ0v) is 21.1. The lowest BCUT2D eigenvalue weighted by atomic mass is 10.1. The highest BCUT2D eigenvalue weighted by Gasteiger charge is 2.21. The molecule has 0 N–H and O–H groups in total. The lowest BCUT2D eigenvalue weighted by Crippen LogP contribution is -2.13. The van der Waals surface area contributed by atoms with Crippen LogP contribution in [0.25, 0.3) is 16.9 Å². The molecule has 1 aliphatic rings. The number of nitrogens with zero attached hydrogens (tertiary/aromatic N) is 7. The Hall–Kier alpha value is -4.13. The molecule has 5 rings (SSSR count). The summed E-state index contributed by atoms with van der Waals surface area (Å²) >= 11 is 1.58. The second-order valence-electron chi connectivity index (χ2n) is 8.35. The highest BCUT2D eigenvalue weighted by molar-refractivity contribution is 7.99. The minimum atomic E-state index is -0.793. The summed E-state index contributed by atoms with van der Waals surface area (Å²) in [5, 5.41) is 17.4. The number of benzene rings is 1. The molecule has 4 aromatic rings. The molecule has 0 aliphatic heterocycles. The number of rotatable bonds is 9. The van der Waals surface area contributed by atoms with E-state index < -0.39 is 17.6 Å². The van der Waals surface area contributed by atoms with E-state index in [0.29, 0.717) is 11.0 Å². The molecule has 38 heavy (non-hydrogen) atoms. The van der Waals surface area contributed by atoms with Crippen LogP contribution in [-0.2, 0) is 22.7 Å². The second-order valence-corrected chi connectivity index (χ2v) is 9.55. The van der Waals surface area contributed by atoms with Crippen molar-refractivity contribution < 1.29 is 23.0 Å². The van der Waals surface area contributed by atoms with Gasteiger partial charge in [0.15, 0.2) is 29.1 Å². The van der Waals surface area contributed by atoms with Crippen LogP contribution in [-0.4, -0.2) is 53.1 Å². The van der Waals surface area contributed by atoms with E-state index in [4.69, 9.17) is 4.74 Å². The van der Waals surface area contributed by atoms with Crippen molar-refractivity contribution in [3.63, 3.8) is 0 Å². The van der Waals surface area contributed by atoms with Crippen molar-refractivity contribution in [3.05, 3.63) is 72.5 Å². The van der Waals surface area contributed by atoms with Gasteiger partial charge in [0.05, 0.1) is 25.2 Å². The van der Waals surface area contributed by atoms with Gasteiger partial charge in [-0.2, -0.15) is 15.0 Å². The number of halogens is 2. The van der Waals surface area contributed by atoms with Gasteiger partial charge in [-0.25, -0.2) is 13.6 Å². The van der Waals surface area contributed by atoms with E-state index in [-0.39, 0.29) is 35.4 Å². The molecule has 3 aromatic heterocycles. The van der Waals surface area contributed by atoms with E-state index in [9.17, 15) is 13.6 Å². The zero-order chi connectivity index (χ0) is 26.5. The third-order valence-corrected chi connectivity index (χ3v) is 6.93. The highest BCUT2D eigenvalue weighted by Crippen LogP contribution is 2.32. The van der Waals surface area contributed by atoms with E-state index in [0.717, 1.165) is 41.9 Å². The molecular formula is C25H23F2N7O3S.